The van der Waals surface area contributed by atoms with E-state index in [4.69, 9.17) is 14.6 Å². The summed E-state index contributed by atoms with van der Waals surface area (Å²) in [5.41, 5.74) is 1.33. The highest BCUT2D eigenvalue weighted by Gasteiger charge is 2.24. The number of carbonyl (C=O) groups excluding carboxylic acids is 1. The van der Waals surface area contributed by atoms with Crippen LogP contribution in [-0.2, 0) is 19.1 Å². The van der Waals surface area contributed by atoms with Crippen LogP contribution >= 0.6 is 0 Å². The molecule has 1 unspecified atom stereocenters. The molecule has 1 N–H and O–H groups in total. The zero-order valence-corrected chi connectivity index (χ0v) is 12.8. The Morgan fingerprint density at radius 1 is 1.30 bits per heavy atom. The lowest BCUT2D eigenvalue weighted by Crippen LogP contribution is -2.11. The Bertz CT molecular complexity index is 651. The first-order chi connectivity index (χ1) is 11.1. The van der Waals surface area contributed by atoms with Gasteiger partial charge in [-0.15, -0.1) is 0 Å². The molecule has 1 fully saturated rings. The van der Waals surface area contributed by atoms with Gasteiger partial charge in [-0.05, 0) is 24.6 Å². The minimum atomic E-state index is -1.03. The number of carboxylic acid groups (broad SMARTS) is 1. The fourth-order valence-corrected chi connectivity index (χ4v) is 1.64. The van der Waals surface area contributed by atoms with Crippen molar-refractivity contribution in [2.45, 2.75) is 13.0 Å². The van der Waals surface area contributed by atoms with Crippen molar-refractivity contribution < 1.29 is 24.2 Å². The molecule has 1 aliphatic rings. The number of epoxide rings is 1. The number of carboxylic acids is 1. The first-order valence-electron chi connectivity index (χ1n) is 7.20. The average Bonchev–Trinajstić information content (AvgIpc) is 3.37. The lowest BCUT2D eigenvalue weighted by atomic mass is 10.1. The van der Waals surface area contributed by atoms with Crippen LogP contribution < -0.4 is 0 Å². The summed E-state index contributed by atoms with van der Waals surface area (Å²) in [7, 11) is 0. The first-order valence-corrected chi connectivity index (χ1v) is 7.20. The Kier molecular flexibility index (Phi) is 5.88. The highest BCUT2D eigenvalue weighted by molar-refractivity contribution is 5.94. The maximum Gasteiger partial charge on any atom is 0.338 e. The van der Waals surface area contributed by atoms with Gasteiger partial charge in [-0.3, -0.25) is 0 Å². The Morgan fingerprint density at radius 3 is 2.61 bits per heavy atom. The summed E-state index contributed by atoms with van der Waals surface area (Å²) in [6.45, 7) is 2.27. The third kappa shape index (κ3) is 5.92. The maximum absolute atomic E-state index is 12.1. The number of allylic oxidation sites excluding steroid dienone is 2. The largest absolute Gasteiger partial charge is 0.478 e. The zero-order chi connectivity index (χ0) is 16.7. The van der Waals surface area contributed by atoms with Gasteiger partial charge in [-0.1, -0.05) is 42.5 Å². The van der Waals surface area contributed by atoms with E-state index in [-0.39, 0.29) is 23.9 Å². The molecule has 1 aliphatic heterocycles. The summed E-state index contributed by atoms with van der Waals surface area (Å²) < 4.78 is 10.1. The van der Waals surface area contributed by atoms with Crippen LogP contribution in [0, 0.1) is 0 Å². The van der Waals surface area contributed by atoms with Crippen molar-refractivity contribution in [2.75, 3.05) is 13.2 Å². The molecule has 1 aromatic rings. The fraction of sp³-hybridized carbons (Fsp3) is 0.222. The molecule has 0 aliphatic carbocycles. The van der Waals surface area contributed by atoms with E-state index in [0.29, 0.717) is 6.61 Å². The van der Waals surface area contributed by atoms with E-state index in [2.05, 4.69) is 0 Å². The number of hydrogen-bond donors (Lipinski definition) is 1. The molecule has 120 valence electrons. The summed E-state index contributed by atoms with van der Waals surface area (Å²) in [6, 6.07) is 9.48. The number of hydrogen-bond acceptors (Lipinski definition) is 4. The second-order valence-electron chi connectivity index (χ2n) is 5.07. The number of esters is 1. The van der Waals surface area contributed by atoms with Crippen LogP contribution in [-0.4, -0.2) is 36.4 Å². The van der Waals surface area contributed by atoms with Gasteiger partial charge in [0.1, 0.15) is 12.7 Å². The van der Waals surface area contributed by atoms with Crippen molar-refractivity contribution in [2.24, 2.45) is 0 Å². The minimum absolute atomic E-state index is 0.0189. The van der Waals surface area contributed by atoms with Crippen molar-refractivity contribution >= 4 is 18.0 Å². The highest BCUT2D eigenvalue weighted by Crippen LogP contribution is 2.12. The Balaban J connectivity index is 2.13. The summed E-state index contributed by atoms with van der Waals surface area (Å²) in [5, 5.41) is 8.88. The molecule has 1 aromatic carbocycles. The first kappa shape index (κ1) is 16.7. The third-order valence-corrected chi connectivity index (χ3v) is 3.14. The van der Waals surface area contributed by atoms with E-state index in [9.17, 15) is 9.59 Å². The lowest BCUT2D eigenvalue weighted by molar-refractivity contribution is -0.139. The molecular formula is C18H18O5. The van der Waals surface area contributed by atoms with Gasteiger partial charge in [-0.2, -0.15) is 0 Å². The van der Waals surface area contributed by atoms with E-state index in [0.717, 1.165) is 5.56 Å². The van der Waals surface area contributed by atoms with Crippen molar-refractivity contribution in [1.82, 2.24) is 0 Å². The Hall–Kier alpha value is -2.66. The molecule has 0 radical (unpaired) electrons. The van der Waals surface area contributed by atoms with Gasteiger partial charge in [0.2, 0.25) is 0 Å². The second-order valence-corrected chi connectivity index (χ2v) is 5.07. The highest BCUT2D eigenvalue weighted by atomic mass is 16.6. The molecule has 0 saturated carbocycles. The molecule has 0 bridgehead atoms. The van der Waals surface area contributed by atoms with Crippen LogP contribution in [0.5, 0.6) is 0 Å². The molecule has 1 atom stereocenters. The topological polar surface area (TPSA) is 76.1 Å². The van der Waals surface area contributed by atoms with Gasteiger partial charge < -0.3 is 14.6 Å². The van der Waals surface area contributed by atoms with Crippen LogP contribution in [0.4, 0.5) is 0 Å². The number of rotatable bonds is 7. The van der Waals surface area contributed by atoms with Gasteiger partial charge in [0.15, 0.2) is 0 Å². The average molecular weight is 314 g/mol. The molecule has 0 amide bonds. The van der Waals surface area contributed by atoms with E-state index in [1.54, 1.807) is 12.2 Å². The Morgan fingerprint density at radius 2 is 2.00 bits per heavy atom. The van der Waals surface area contributed by atoms with E-state index < -0.39 is 11.9 Å². The molecular weight excluding hydrogens is 296 g/mol. The number of ether oxygens (including phenoxy) is 2. The molecule has 1 heterocycles. The van der Waals surface area contributed by atoms with Crippen LogP contribution in [0.15, 0.2) is 59.7 Å². The van der Waals surface area contributed by atoms with Gasteiger partial charge in [0, 0.05) is 5.57 Å². The second kappa shape index (κ2) is 8.10. The van der Waals surface area contributed by atoms with Crippen molar-refractivity contribution in [3.8, 4) is 0 Å². The Labute approximate surface area is 134 Å². The molecule has 5 heteroatoms. The van der Waals surface area contributed by atoms with Crippen LogP contribution in [0.25, 0.3) is 6.08 Å². The summed E-state index contributed by atoms with van der Waals surface area (Å²) in [6.07, 6.45) is 6.18. The van der Waals surface area contributed by atoms with Crippen LogP contribution in [0.2, 0.25) is 0 Å². The summed E-state index contributed by atoms with van der Waals surface area (Å²) in [5.74, 6) is -1.55. The fourth-order valence-electron chi connectivity index (χ4n) is 1.64. The SMILES string of the molecule is CC(=CC=C(C=Cc1ccccc1)C(=O)OCC1CO1)C(=O)O. The van der Waals surface area contributed by atoms with Crippen molar-refractivity contribution in [3.05, 3.63) is 65.3 Å². The molecule has 23 heavy (non-hydrogen) atoms. The molecule has 0 aromatic heterocycles. The molecule has 1 saturated heterocycles. The van der Waals surface area contributed by atoms with Crippen molar-refractivity contribution in [3.63, 3.8) is 0 Å². The maximum atomic E-state index is 12.1. The number of aliphatic carboxylic acids is 1. The third-order valence-electron chi connectivity index (χ3n) is 3.14. The lowest BCUT2D eigenvalue weighted by Gasteiger charge is -2.03. The van der Waals surface area contributed by atoms with Gasteiger partial charge in [-0.25, -0.2) is 9.59 Å². The van der Waals surface area contributed by atoms with Gasteiger partial charge in [0.05, 0.1) is 12.2 Å². The van der Waals surface area contributed by atoms with Gasteiger partial charge >= 0.3 is 11.9 Å². The monoisotopic (exact) mass is 314 g/mol. The summed E-state index contributed by atoms with van der Waals surface area (Å²) >= 11 is 0. The number of benzene rings is 1. The van der Waals surface area contributed by atoms with Crippen molar-refractivity contribution in [1.29, 1.82) is 0 Å². The van der Waals surface area contributed by atoms with E-state index in [1.807, 2.05) is 30.3 Å². The summed E-state index contributed by atoms with van der Waals surface area (Å²) in [4.78, 5) is 22.9. The molecule has 0 spiro atoms. The van der Waals surface area contributed by atoms with Gasteiger partial charge in [0.25, 0.3) is 0 Å². The van der Waals surface area contributed by atoms with Crippen LogP contribution in [0.1, 0.15) is 12.5 Å². The predicted molar refractivity (Wildman–Crippen MR) is 85.7 cm³/mol. The smallest absolute Gasteiger partial charge is 0.338 e. The standard InChI is InChI=1S/C18H18O5/c1-13(17(19)20)7-9-15(18(21)23-12-16-11-22-16)10-8-14-5-3-2-4-6-14/h2-10,16H,11-12H2,1H3,(H,19,20). The van der Waals surface area contributed by atoms with E-state index >= 15 is 0 Å². The normalized spacial score (nSPS) is 18.0. The number of carbonyl (C=O) groups is 2. The molecule has 2 rings (SSSR count). The van der Waals surface area contributed by atoms with E-state index in [1.165, 1.54) is 19.1 Å². The quantitative estimate of drug-likeness (QED) is 0.362. The zero-order valence-electron chi connectivity index (χ0n) is 12.8. The minimum Gasteiger partial charge on any atom is -0.478 e. The molecule has 5 nitrogen and oxygen atoms in total. The predicted octanol–water partition coefficient (Wildman–Crippen LogP) is 2.60. The van der Waals surface area contributed by atoms with Crippen LogP contribution in [0.3, 0.4) is 0 Å².